The maximum absolute atomic E-state index is 10.5. The lowest BCUT2D eigenvalue weighted by Crippen LogP contribution is -2.43. The first kappa shape index (κ1) is 19.1. The molecule has 0 saturated carbocycles. The van der Waals surface area contributed by atoms with Gasteiger partial charge >= 0.3 is 0 Å². The standard InChI is InChI=1S/C23H31NO2/c1-18-11-13-21(14-12-18)23(20-9-4-3-5-10-20)26-17-22(25)16-24-15-7-6-8-19(24)2/h3-5,9-14,19,22-23,25H,6-8,15-17H2,1-2H3/t19-,22-,23+/m1/s1. The molecule has 3 heteroatoms. The van der Waals surface area contributed by atoms with Crippen LogP contribution < -0.4 is 0 Å². The van der Waals surface area contributed by atoms with Gasteiger partial charge in [-0.25, -0.2) is 0 Å². The summed E-state index contributed by atoms with van der Waals surface area (Å²) >= 11 is 0. The third kappa shape index (κ3) is 5.16. The third-order valence-corrected chi connectivity index (χ3v) is 5.32. The first-order chi connectivity index (χ1) is 12.6. The fraction of sp³-hybridized carbons (Fsp3) is 0.478. The smallest absolute Gasteiger partial charge is 0.108 e. The van der Waals surface area contributed by atoms with Gasteiger partial charge in [0, 0.05) is 12.6 Å². The van der Waals surface area contributed by atoms with Gasteiger partial charge in [0.15, 0.2) is 0 Å². The van der Waals surface area contributed by atoms with Gasteiger partial charge in [0.1, 0.15) is 6.10 Å². The molecule has 1 aliphatic rings. The van der Waals surface area contributed by atoms with Gasteiger partial charge in [-0.15, -0.1) is 0 Å². The van der Waals surface area contributed by atoms with Gasteiger partial charge < -0.3 is 9.84 Å². The largest absolute Gasteiger partial charge is 0.389 e. The highest BCUT2D eigenvalue weighted by atomic mass is 16.5. The third-order valence-electron chi connectivity index (χ3n) is 5.32. The highest BCUT2D eigenvalue weighted by Crippen LogP contribution is 2.26. The van der Waals surface area contributed by atoms with Gasteiger partial charge in [-0.2, -0.15) is 0 Å². The summed E-state index contributed by atoms with van der Waals surface area (Å²) in [6.45, 7) is 6.46. The molecule has 3 rings (SSSR count). The number of aliphatic hydroxyl groups excluding tert-OH is 1. The van der Waals surface area contributed by atoms with Crippen LogP contribution in [-0.2, 0) is 4.74 Å². The van der Waals surface area contributed by atoms with Crippen LogP contribution in [0.1, 0.15) is 49.0 Å². The van der Waals surface area contributed by atoms with Crippen LogP contribution in [0.3, 0.4) is 0 Å². The van der Waals surface area contributed by atoms with Gasteiger partial charge in [0.2, 0.25) is 0 Å². The number of rotatable bonds is 7. The second-order valence-corrected chi connectivity index (χ2v) is 7.53. The van der Waals surface area contributed by atoms with Crippen molar-refractivity contribution in [1.29, 1.82) is 0 Å². The van der Waals surface area contributed by atoms with Crippen LogP contribution in [0.25, 0.3) is 0 Å². The minimum atomic E-state index is -0.466. The van der Waals surface area contributed by atoms with E-state index in [0.717, 1.165) is 17.7 Å². The molecule has 2 aromatic rings. The quantitative estimate of drug-likeness (QED) is 0.804. The molecule has 0 amide bonds. The van der Waals surface area contributed by atoms with Crippen LogP contribution in [0.15, 0.2) is 54.6 Å². The van der Waals surface area contributed by atoms with Crippen LogP contribution in [0.4, 0.5) is 0 Å². The lowest BCUT2D eigenvalue weighted by Gasteiger charge is -2.34. The Bertz CT molecular complexity index is 656. The number of nitrogens with zero attached hydrogens (tertiary/aromatic N) is 1. The summed E-state index contributed by atoms with van der Waals surface area (Å²) in [7, 11) is 0. The topological polar surface area (TPSA) is 32.7 Å². The molecule has 1 N–H and O–H groups in total. The van der Waals surface area contributed by atoms with Crippen molar-refractivity contribution >= 4 is 0 Å². The molecular formula is C23H31NO2. The minimum Gasteiger partial charge on any atom is -0.389 e. The second-order valence-electron chi connectivity index (χ2n) is 7.53. The molecule has 3 atom stereocenters. The number of aliphatic hydroxyl groups is 1. The number of β-amino-alcohol motifs (C(OH)–C–C–N with tert-alkyl or cyclic N) is 1. The van der Waals surface area contributed by atoms with E-state index in [1.807, 2.05) is 18.2 Å². The SMILES string of the molecule is Cc1ccc([C@@H](OC[C@H](O)CN2CCCC[C@H]2C)c2ccccc2)cc1. The normalized spacial score (nSPS) is 20.7. The number of likely N-dealkylation sites (tertiary alicyclic amines) is 1. The summed E-state index contributed by atoms with van der Waals surface area (Å²) in [6, 6.07) is 19.3. The summed E-state index contributed by atoms with van der Waals surface area (Å²) in [4.78, 5) is 2.39. The summed E-state index contributed by atoms with van der Waals surface area (Å²) in [5.74, 6) is 0. The maximum atomic E-state index is 10.5. The Morgan fingerprint density at radius 3 is 2.42 bits per heavy atom. The highest BCUT2D eigenvalue weighted by molar-refractivity contribution is 5.31. The Morgan fingerprint density at radius 2 is 1.73 bits per heavy atom. The van der Waals surface area contributed by atoms with E-state index in [9.17, 15) is 5.11 Å². The van der Waals surface area contributed by atoms with E-state index < -0.39 is 6.10 Å². The predicted octanol–water partition coefficient (Wildman–Crippen LogP) is 4.34. The molecule has 0 radical (unpaired) electrons. The number of piperidine rings is 1. The number of benzene rings is 2. The molecule has 0 bridgehead atoms. The van der Waals surface area contributed by atoms with Crippen LogP contribution in [0, 0.1) is 6.92 Å². The van der Waals surface area contributed by atoms with E-state index in [2.05, 4.69) is 55.1 Å². The van der Waals surface area contributed by atoms with E-state index in [0.29, 0.717) is 19.2 Å². The summed E-state index contributed by atoms with van der Waals surface area (Å²) in [5.41, 5.74) is 3.48. The Kier molecular flexibility index (Phi) is 6.84. The molecule has 2 aromatic carbocycles. The van der Waals surface area contributed by atoms with Crippen molar-refractivity contribution in [3.63, 3.8) is 0 Å². The van der Waals surface area contributed by atoms with Gasteiger partial charge in [-0.05, 0) is 44.4 Å². The maximum Gasteiger partial charge on any atom is 0.108 e. The van der Waals surface area contributed by atoms with Gasteiger partial charge in [0.05, 0.1) is 12.7 Å². The Hall–Kier alpha value is -1.68. The molecule has 0 aliphatic carbocycles. The molecule has 1 aliphatic heterocycles. The van der Waals surface area contributed by atoms with Crippen molar-refractivity contribution in [2.75, 3.05) is 19.7 Å². The molecule has 3 nitrogen and oxygen atoms in total. The zero-order valence-corrected chi connectivity index (χ0v) is 16.0. The van der Waals surface area contributed by atoms with Crippen LogP contribution in [0.2, 0.25) is 0 Å². The van der Waals surface area contributed by atoms with Crippen molar-refractivity contribution in [3.8, 4) is 0 Å². The summed E-state index contributed by atoms with van der Waals surface area (Å²) in [6.07, 6.45) is 3.14. The number of ether oxygens (including phenoxy) is 1. The molecule has 140 valence electrons. The van der Waals surface area contributed by atoms with Crippen LogP contribution >= 0.6 is 0 Å². The lowest BCUT2D eigenvalue weighted by atomic mass is 10.0. The fourth-order valence-electron chi connectivity index (χ4n) is 3.71. The van der Waals surface area contributed by atoms with E-state index in [1.54, 1.807) is 0 Å². The average Bonchev–Trinajstić information content (AvgIpc) is 2.66. The zero-order valence-electron chi connectivity index (χ0n) is 16.0. The molecule has 0 aromatic heterocycles. The predicted molar refractivity (Wildman–Crippen MR) is 106 cm³/mol. The van der Waals surface area contributed by atoms with Crippen molar-refractivity contribution in [2.24, 2.45) is 0 Å². The van der Waals surface area contributed by atoms with Crippen LogP contribution in [-0.4, -0.2) is 41.8 Å². The van der Waals surface area contributed by atoms with Crippen LogP contribution in [0.5, 0.6) is 0 Å². The summed E-state index contributed by atoms with van der Waals surface area (Å²) in [5, 5.41) is 10.5. The molecular weight excluding hydrogens is 322 g/mol. The zero-order chi connectivity index (χ0) is 18.4. The van der Waals surface area contributed by atoms with E-state index >= 15 is 0 Å². The molecule has 1 saturated heterocycles. The molecule has 0 unspecified atom stereocenters. The minimum absolute atomic E-state index is 0.148. The molecule has 1 fully saturated rings. The second kappa shape index (κ2) is 9.31. The van der Waals surface area contributed by atoms with Gasteiger partial charge in [-0.3, -0.25) is 4.90 Å². The van der Waals surface area contributed by atoms with Crippen molar-refractivity contribution in [3.05, 3.63) is 71.3 Å². The van der Waals surface area contributed by atoms with Gasteiger partial charge in [0.25, 0.3) is 0 Å². The molecule has 26 heavy (non-hydrogen) atoms. The Balaban J connectivity index is 1.65. The highest BCUT2D eigenvalue weighted by Gasteiger charge is 2.22. The van der Waals surface area contributed by atoms with E-state index in [4.69, 9.17) is 4.74 Å². The first-order valence-electron chi connectivity index (χ1n) is 9.78. The van der Waals surface area contributed by atoms with E-state index in [-0.39, 0.29) is 6.10 Å². The number of aryl methyl sites for hydroxylation is 1. The Labute approximate surface area is 157 Å². The van der Waals surface area contributed by atoms with Crippen molar-refractivity contribution in [1.82, 2.24) is 4.90 Å². The van der Waals surface area contributed by atoms with Crippen molar-refractivity contribution < 1.29 is 9.84 Å². The summed E-state index contributed by atoms with van der Waals surface area (Å²) < 4.78 is 6.22. The van der Waals surface area contributed by atoms with Gasteiger partial charge in [-0.1, -0.05) is 66.6 Å². The Morgan fingerprint density at radius 1 is 1.04 bits per heavy atom. The monoisotopic (exact) mass is 353 g/mol. The lowest BCUT2D eigenvalue weighted by molar-refractivity contribution is -0.0169. The average molecular weight is 354 g/mol. The van der Waals surface area contributed by atoms with E-state index in [1.165, 1.54) is 24.8 Å². The molecule has 0 spiro atoms. The first-order valence-corrected chi connectivity index (χ1v) is 9.78. The molecule has 1 heterocycles. The van der Waals surface area contributed by atoms with Crippen molar-refractivity contribution in [2.45, 2.75) is 51.4 Å². The number of hydrogen-bond donors (Lipinski definition) is 1. The number of hydrogen-bond acceptors (Lipinski definition) is 3. The fourth-order valence-corrected chi connectivity index (χ4v) is 3.71.